The number of anilines is 3. The van der Waals surface area contributed by atoms with Crippen LogP contribution in [0.25, 0.3) is 0 Å². The maximum atomic E-state index is 13.2. The molecule has 1 saturated heterocycles. The maximum absolute atomic E-state index is 13.2. The number of nitrogens with one attached hydrogen (secondary N) is 2. The summed E-state index contributed by atoms with van der Waals surface area (Å²) in [7, 11) is 4.71. The fraction of sp³-hybridized carbons (Fsp3) is 0.393. The zero-order valence-corrected chi connectivity index (χ0v) is 22.1. The molecule has 9 heteroatoms. The van der Waals surface area contributed by atoms with Gasteiger partial charge in [-0.25, -0.2) is 4.98 Å². The molecule has 1 aliphatic rings. The molecule has 37 heavy (non-hydrogen) atoms. The Morgan fingerprint density at radius 3 is 2.38 bits per heavy atom. The normalized spacial score (nSPS) is 15.6. The van der Waals surface area contributed by atoms with E-state index in [0.29, 0.717) is 35.4 Å². The molecule has 1 aromatic heterocycles. The first-order valence-electron chi connectivity index (χ1n) is 12.4. The second-order valence-electron chi connectivity index (χ2n) is 9.54. The van der Waals surface area contributed by atoms with Gasteiger partial charge in [-0.05, 0) is 38.3 Å². The van der Waals surface area contributed by atoms with Gasteiger partial charge in [0.25, 0.3) is 0 Å². The maximum Gasteiger partial charge on any atom is 0.229 e. The molecule has 2 heterocycles. The Labute approximate surface area is 218 Å². The fourth-order valence-electron chi connectivity index (χ4n) is 4.60. The summed E-state index contributed by atoms with van der Waals surface area (Å²) in [5.41, 5.74) is 1.33. The number of carbonyl (C=O) groups excluding carboxylic acids is 1. The summed E-state index contributed by atoms with van der Waals surface area (Å²) in [5, 5.41) is 6.47. The van der Waals surface area contributed by atoms with Crippen LogP contribution in [0.3, 0.4) is 0 Å². The molecule has 9 nitrogen and oxygen atoms in total. The van der Waals surface area contributed by atoms with Gasteiger partial charge in [0.1, 0.15) is 5.82 Å². The van der Waals surface area contributed by atoms with Gasteiger partial charge in [0.05, 0.1) is 32.8 Å². The lowest BCUT2D eigenvalue weighted by molar-refractivity contribution is -0.127. The molecule has 1 fully saturated rings. The van der Waals surface area contributed by atoms with Gasteiger partial charge in [-0.15, -0.1) is 0 Å². The van der Waals surface area contributed by atoms with Crippen LogP contribution >= 0.6 is 0 Å². The van der Waals surface area contributed by atoms with Crippen molar-refractivity contribution < 1.29 is 19.0 Å². The number of nitrogens with zero attached hydrogens (tertiary/aromatic N) is 3. The highest BCUT2D eigenvalue weighted by molar-refractivity contribution is 5.80. The van der Waals surface area contributed by atoms with Crippen molar-refractivity contribution >= 4 is 23.4 Å². The highest BCUT2D eigenvalue weighted by Crippen LogP contribution is 2.40. The van der Waals surface area contributed by atoms with Crippen molar-refractivity contribution in [3.8, 4) is 17.2 Å². The molecule has 2 N–H and O–H groups in total. The lowest BCUT2D eigenvalue weighted by Crippen LogP contribution is -2.48. The zero-order valence-electron chi connectivity index (χ0n) is 22.1. The summed E-state index contributed by atoms with van der Waals surface area (Å²) >= 11 is 0. The average Bonchev–Trinajstić information content (AvgIpc) is 2.93. The molecule has 2 aromatic carbocycles. The summed E-state index contributed by atoms with van der Waals surface area (Å²) in [4.78, 5) is 24.5. The number of hydrogen-bond donors (Lipinski definition) is 2. The van der Waals surface area contributed by atoms with Crippen molar-refractivity contribution in [1.29, 1.82) is 0 Å². The van der Waals surface area contributed by atoms with Crippen LogP contribution in [0.1, 0.15) is 32.3 Å². The Hall–Kier alpha value is -4.01. The van der Waals surface area contributed by atoms with Crippen LogP contribution in [0, 0.1) is 5.92 Å². The molecule has 1 amide bonds. The van der Waals surface area contributed by atoms with Gasteiger partial charge in [-0.3, -0.25) is 4.79 Å². The molecule has 0 spiro atoms. The van der Waals surface area contributed by atoms with E-state index >= 15 is 0 Å². The van der Waals surface area contributed by atoms with Gasteiger partial charge in [-0.1, -0.05) is 30.3 Å². The first-order valence-corrected chi connectivity index (χ1v) is 12.4. The third kappa shape index (κ3) is 6.04. The number of aromatic nitrogens is 2. The van der Waals surface area contributed by atoms with Gasteiger partial charge < -0.3 is 29.7 Å². The van der Waals surface area contributed by atoms with Gasteiger partial charge >= 0.3 is 0 Å². The number of ether oxygens (including phenoxy) is 3. The SMILES string of the molecule is COc1cc(Nc2nccc(N3CCCC(C(=O)NC(C)(C)c4ccccc4)C3)n2)cc(OC)c1OC. The van der Waals surface area contributed by atoms with E-state index in [4.69, 9.17) is 19.2 Å². The first kappa shape index (κ1) is 26.1. The molecular weight excluding hydrogens is 470 g/mol. The van der Waals surface area contributed by atoms with E-state index in [9.17, 15) is 4.79 Å². The second-order valence-corrected chi connectivity index (χ2v) is 9.54. The summed E-state index contributed by atoms with van der Waals surface area (Å²) in [6.45, 7) is 5.49. The van der Waals surface area contributed by atoms with Crippen molar-refractivity contribution in [2.24, 2.45) is 5.92 Å². The van der Waals surface area contributed by atoms with Crippen LogP contribution in [0.5, 0.6) is 17.2 Å². The number of benzene rings is 2. The van der Waals surface area contributed by atoms with E-state index < -0.39 is 5.54 Å². The fourth-order valence-corrected chi connectivity index (χ4v) is 4.60. The molecule has 4 rings (SSSR count). The smallest absolute Gasteiger partial charge is 0.229 e. The monoisotopic (exact) mass is 505 g/mol. The molecule has 3 aromatic rings. The molecule has 0 saturated carbocycles. The molecule has 0 bridgehead atoms. The van der Waals surface area contributed by atoms with Crippen LogP contribution in [-0.4, -0.2) is 50.3 Å². The molecule has 0 aliphatic carbocycles. The van der Waals surface area contributed by atoms with E-state index in [1.807, 2.05) is 50.2 Å². The third-order valence-electron chi connectivity index (χ3n) is 6.61. The summed E-state index contributed by atoms with van der Waals surface area (Å²) in [5.74, 6) is 2.71. The summed E-state index contributed by atoms with van der Waals surface area (Å²) in [6.07, 6.45) is 3.46. The Morgan fingerprint density at radius 2 is 1.73 bits per heavy atom. The zero-order chi connectivity index (χ0) is 26.4. The van der Waals surface area contributed by atoms with E-state index in [1.54, 1.807) is 39.7 Å². The van der Waals surface area contributed by atoms with Crippen LogP contribution in [-0.2, 0) is 10.3 Å². The van der Waals surface area contributed by atoms with Crippen LogP contribution < -0.4 is 29.7 Å². The number of methoxy groups -OCH3 is 3. The van der Waals surface area contributed by atoms with E-state index in [2.05, 4.69) is 20.5 Å². The molecule has 1 atom stereocenters. The standard InChI is InChI=1S/C28H35N5O4/c1-28(2,20-11-7-6-8-12-20)32-26(34)19-10-9-15-33(18-19)24-13-14-29-27(31-24)30-21-16-22(35-3)25(37-5)23(17-21)36-4/h6-8,11-14,16-17,19H,9-10,15,18H2,1-5H3,(H,32,34)(H,29,30,31). The predicted octanol–water partition coefficient (Wildman–Crippen LogP) is 4.51. The third-order valence-corrected chi connectivity index (χ3v) is 6.61. The summed E-state index contributed by atoms with van der Waals surface area (Å²) in [6, 6.07) is 15.5. The summed E-state index contributed by atoms with van der Waals surface area (Å²) < 4.78 is 16.3. The predicted molar refractivity (Wildman–Crippen MR) is 144 cm³/mol. The minimum atomic E-state index is -0.451. The Kier molecular flexibility index (Phi) is 8.01. The van der Waals surface area contributed by atoms with Crippen LogP contribution in [0.15, 0.2) is 54.7 Å². The van der Waals surface area contributed by atoms with Gasteiger partial charge in [-0.2, -0.15) is 4.98 Å². The average molecular weight is 506 g/mol. The number of carbonyl (C=O) groups is 1. The number of piperidine rings is 1. The van der Waals surface area contributed by atoms with Gasteiger partial charge in [0, 0.05) is 37.1 Å². The molecular formula is C28H35N5O4. The minimum absolute atomic E-state index is 0.0587. The van der Waals surface area contributed by atoms with Gasteiger partial charge in [0.2, 0.25) is 17.6 Å². The largest absolute Gasteiger partial charge is 0.493 e. The molecule has 0 radical (unpaired) electrons. The highest BCUT2D eigenvalue weighted by atomic mass is 16.5. The topological polar surface area (TPSA) is 97.8 Å². The Morgan fingerprint density at radius 1 is 1.03 bits per heavy atom. The van der Waals surface area contributed by atoms with Crippen molar-refractivity contribution in [2.75, 3.05) is 44.6 Å². The first-order chi connectivity index (χ1) is 17.8. The van der Waals surface area contributed by atoms with Crippen LogP contribution in [0.2, 0.25) is 0 Å². The molecule has 1 unspecified atom stereocenters. The van der Waals surface area contributed by atoms with E-state index in [-0.39, 0.29) is 11.8 Å². The quantitative estimate of drug-likeness (QED) is 0.438. The van der Waals surface area contributed by atoms with Crippen molar-refractivity contribution in [1.82, 2.24) is 15.3 Å². The van der Waals surface area contributed by atoms with E-state index in [0.717, 1.165) is 30.8 Å². The second kappa shape index (κ2) is 11.4. The van der Waals surface area contributed by atoms with Crippen LogP contribution in [0.4, 0.5) is 17.5 Å². The number of amides is 1. The Balaban J connectivity index is 1.46. The van der Waals surface area contributed by atoms with Gasteiger partial charge in [0.15, 0.2) is 11.5 Å². The molecule has 196 valence electrons. The highest BCUT2D eigenvalue weighted by Gasteiger charge is 2.31. The Bertz CT molecular complexity index is 1190. The van der Waals surface area contributed by atoms with E-state index in [1.165, 1.54) is 0 Å². The number of rotatable bonds is 9. The van der Waals surface area contributed by atoms with Crippen molar-refractivity contribution in [2.45, 2.75) is 32.2 Å². The lowest BCUT2D eigenvalue weighted by Gasteiger charge is -2.35. The molecule has 1 aliphatic heterocycles. The lowest BCUT2D eigenvalue weighted by atomic mass is 9.91. The number of hydrogen-bond acceptors (Lipinski definition) is 8. The van der Waals surface area contributed by atoms with Crippen molar-refractivity contribution in [3.63, 3.8) is 0 Å². The van der Waals surface area contributed by atoms with Crippen molar-refractivity contribution in [3.05, 3.63) is 60.3 Å². The minimum Gasteiger partial charge on any atom is -0.493 e.